The topological polar surface area (TPSA) is 151 Å². The zero-order valence-corrected chi connectivity index (χ0v) is 11.3. The largest absolute Gasteiger partial charge is 0.477 e. The van der Waals surface area contributed by atoms with E-state index in [0.717, 1.165) is 6.08 Å². The van der Waals surface area contributed by atoms with Crippen molar-refractivity contribution in [2.75, 3.05) is 0 Å². The van der Waals surface area contributed by atoms with Gasteiger partial charge in [0.05, 0.1) is 4.91 Å². The number of barbiturate groups is 1. The number of nitrogens with one attached hydrogen (secondary N) is 2. The van der Waals surface area contributed by atoms with Crippen LogP contribution in [0.3, 0.4) is 0 Å². The Morgan fingerprint density at radius 3 is 2.38 bits per heavy atom. The van der Waals surface area contributed by atoms with Gasteiger partial charge in [0.2, 0.25) is 17.7 Å². The third kappa shape index (κ3) is 3.45. The number of carbonyl (C=O) groups is 4. The number of aryl methyl sites for hydroxylation is 1. The Morgan fingerprint density at radius 1 is 1.29 bits per heavy atom. The molecule has 1 saturated heterocycles. The summed E-state index contributed by atoms with van der Waals surface area (Å²) in [6.45, 7) is 1.52. The number of aromatic nitrogens is 2. The molecule has 1 aromatic heterocycles. The maximum Gasteiger partial charge on any atom is 0.342 e. The molecule has 2 rings (SSSR count). The van der Waals surface area contributed by atoms with Gasteiger partial charge in [-0.25, -0.2) is 9.59 Å². The third-order valence-corrected chi connectivity index (χ3v) is 3.14. The standard InChI is InChI=1S/C10H8N4O6S/c1-3-13-14-10(20-3)21-5(8(17)18)2-4-6(15)11-9(19)12-7(4)16/h2,4H,1H3,(H,17,18)(H2,11,12,15,16,19)/b5-2+. The van der Waals surface area contributed by atoms with E-state index < -0.39 is 29.7 Å². The lowest BCUT2D eigenvalue weighted by Gasteiger charge is -2.18. The van der Waals surface area contributed by atoms with Crippen LogP contribution in [0.2, 0.25) is 0 Å². The third-order valence-electron chi connectivity index (χ3n) is 2.27. The zero-order valence-electron chi connectivity index (χ0n) is 10.4. The quantitative estimate of drug-likeness (QED) is 0.376. The molecule has 3 N–H and O–H groups in total. The number of urea groups is 1. The lowest BCUT2D eigenvalue weighted by molar-refractivity contribution is -0.133. The van der Waals surface area contributed by atoms with E-state index >= 15 is 0 Å². The minimum absolute atomic E-state index is 0.0474. The van der Waals surface area contributed by atoms with Crippen molar-refractivity contribution in [3.05, 3.63) is 16.9 Å². The summed E-state index contributed by atoms with van der Waals surface area (Å²) in [4.78, 5) is 44.8. The normalized spacial score (nSPS) is 16.6. The molecule has 1 aromatic rings. The number of rotatable bonds is 4. The van der Waals surface area contributed by atoms with Crippen molar-refractivity contribution in [1.29, 1.82) is 0 Å². The molecule has 0 spiro atoms. The minimum atomic E-state index is -1.44. The number of carboxylic acid groups (broad SMARTS) is 1. The number of thioether (sulfide) groups is 1. The maximum absolute atomic E-state index is 11.5. The Morgan fingerprint density at radius 2 is 1.90 bits per heavy atom. The molecule has 0 aliphatic carbocycles. The fraction of sp³-hybridized carbons (Fsp3) is 0.200. The highest BCUT2D eigenvalue weighted by Crippen LogP contribution is 2.27. The molecular weight excluding hydrogens is 304 g/mol. The first-order chi connectivity index (χ1) is 9.86. The molecule has 0 unspecified atom stereocenters. The average molecular weight is 312 g/mol. The fourth-order valence-electron chi connectivity index (χ4n) is 1.40. The molecule has 0 saturated carbocycles. The van der Waals surface area contributed by atoms with Crippen LogP contribution in [0.1, 0.15) is 5.89 Å². The van der Waals surface area contributed by atoms with Gasteiger partial charge in [0.15, 0.2) is 0 Å². The Balaban J connectivity index is 2.24. The van der Waals surface area contributed by atoms with Gasteiger partial charge in [-0.15, -0.1) is 10.2 Å². The molecule has 21 heavy (non-hydrogen) atoms. The van der Waals surface area contributed by atoms with Gasteiger partial charge >= 0.3 is 12.0 Å². The molecule has 10 nitrogen and oxygen atoms in total. The number of amides is 4. The van der Waals surface area contributed by atoms with Crippen molar-refractivity contribution in [2.24, 2.45) is 5.92 Å². The highest BCUT2D eigenvalue weighted by molar-refractivity contribution is 8.03. The summed E-state index contributed by atoms with van der Waals surface area (Å²) in [7, 11) is 0. The maximum atomic E-state index is 11.5. The summed E-state index contributed by atoms with van der Waals surface area (Å²) in [5.74, 6) is -4.41. The van der Waals surface area contributed by atoms with E-state index in [1.807, 2.05) is 10.6 Å². The van der Waals surface area contributed by atoms with Crippen LogP contribution in [0.25, 0.3) is 0 Å². The second-order valence-electron chi connectivity index (χ2n) is 3.81. The summed E-state index contributed by atoms with van der Waals surface area (Å²) in [6.07, 6.45) is 0.906. The van der Waals surface area contributed by atoms with Gasteiger partial charge in [-0.3, -0.25) is 20.2 Å². The van der Waals surface area contributed by atoms with E-state index in [4.69, 9.17) is 9.52 Å². The van der Waals surface area contributed by atoms with Crippen molar-refractivity contribution in [1.82, 2.24) is 20.8 Å². The van der Waals surface area contributed by atoms with Gasteiger partial charge in [-0.05, 0) is 17.8 Å². The average Bonchev–Trinajstić information content (AvgIpc) is 2.77. The Hall–Kier alpha value is -2.69. The van der Waals surface area contributed by atoms with E-state index in [9.17, 15) is 19.2 Å². The van der Waals surface area contributed by atoms with Crippen molar-refractivity contribution in [3.8, 4) is 0 Å². The summed E-state index contributed by atoms with van der Waals surface area (Å²) < 4.78 is 5.01. The Labute approximate surface area is 121 Å². The van der Waals surface area contributed by atoms with Crippen molar-refractivity contribution in [3.63, 3.8) is 0 Å². The number of imide groups is 2. The van der Waals surface area contributed by atoms with Crippen LogP contribution in [-0.4, -0.2) is 39.1 Å². The van der Waals surface area contributed by atoms with Gasteiger partial charge < -0.3 is 9.52 Å². The van der Waals surface area contributed by atoms with E-state index in [0.29, 0.717) is 11.8 Å². The summed E-state index contributed by atoms with van der Waals surface area (Å²) in [5, 5.41) is 19.9. The first kappa shape index (κ1) is 14.7. The van der Waals surface area contributed by atoms with Crippen LogP contribution in [0, 0.1) is 12.8 Å². The molecule has 1 aliphatic rings. The zero-order chi connectivity index (χ0) is 15.6. The van der Waals surface area contributed by atoms with Crippen LogP contribution in [0.4, 0.5) is 4.79 Å². The molecule has 1 fully saturated rings. The lowest BCUT2D eigenvalue weighted by Crippen LogP contribution is -2.55. The van der Waals surface area contributed by atoms with Gasteiger partial charge in [0, 0.05) is 6.92 Å². The van der Waals surface area contributed by atoms with Crippen LogP contribution in [-0.2, 0) is 14.4 Å². The SMILES string of the molecule is Cc1nnc(S/C(=C/C2C(=O)NC(=O)NC2=O)C(=O)O)o1. The molecule has 0 bridgehead atoms. The van der Waals surface area contributed by atoms with Crippen LogP contribution in [0.15, 0.2) is 20.6 Å². The number of carbonyl (C=O) groups excluding carboxylic acids is 3. The summed E-state index contributed by atoms with van der Waals surface area (Å²) in [5.41, 5.74) is 0. The van der Waals surface area contributed by atoms with Gasteiger partial charge in [-0.2, -0.15) is 0 Å². The van der Waals surface area contributed by atoms with E-state index in [1.54, 1.807) is 0 Å². The molecule has 1 aliphatic heterocycles. The molecule has 2 heterocycles. The van der Waals surface area contributed by atoms with Crippen molar-refractivity contribution < 1.29 is 28.7 Å². The number of hydrogen-bond acceptors (Lipinski definition) is 8. The Bertz CT molecular complexity index is 646. The Kier molecular flexibility index (Phi) is 4.03. The first-order valence-electron chi connectivity index (χ1n) is 5.45. The molecule has 0 aromatic carbocycles. The molecule has 11 heteroatoms. The molecule has 0 atom stereocenters. The van der Waals surface area contributed by atoms with E-state index in [1.165, 1.54) is 6.92 Å². The predicted octanol–water partition coefficient (Wildman–Crippen LogP) is -0.579. The fourth-order valence-corrected chi connectivity index (χ4v) is 2.12. The van der Waals surface area contributed by atoms with Gasteiger partial charge in [0.1, 0.15) is 5.92 Å². The molecular formula is C10H8N4O6S. The highest BCUT2D eigenvalue weighted by atomic mass is 32.2. The van der Waals surface area contributed by atoms with Crippen LogP contribution >= 0.6 is 11.8 Å². The molecule has 0 radical (unpaired) electrons. The molecule has 4 amide bonds. The molecule has 110 valence electrons. The second kappa shape index (κ2) is 5.75. The predicted molar refractivity (Wildman–Crippen MR) is 65.8 cm³/mol. The monoisotopic (exact) mass is 312 g/mol. The van der Waals surface area contributed by atoms with E-state index in [-0.39, 0.29) is 16.0 Å². The smallest absolute Gasteiger partial charge is 0.342 e. The van der Waals surface area contributed by atoms with E-state index in [2.05, 4.69) is 10.2 Å². The van der Waals surface area contributed by atoms with Crippen molar-refractivity contribution >= 4 is 35.6 Å². The first-order valence-corrected chi connectivity index (χ1v) is 6.27. The number of nitrogens with zero attached hydrogens (tertiary/aromatic N) is 2. The lowest BCUT2D eigenvalue weighted by atomic mass is 10.1. The van der Waals surface area contributed by atoms with Gasteiger partial charge in [0.25, 0.3) is 5.22 Å². The summed E-state index contributed by atoms with van der Waals surface area (Å²) >= 11 is 0.593. The summed E-state index contributed by atoms with van der Waals surface area (Å²) in [6, 6.07) is -0.952. The van der Waals surface area contributed by atoms with Gasteiger partial charge in [-0.1, -0.05) is 0 Å². The number of hydrogen-bond donors (Lipinski definition) is 3. The second-order valence-corrected chi connectivity index (χ2v) is 4.80. The van der Waals surface area contributed by atoms with Crippen molar-refractivity contribution in [2.45, 2.75) is 12.1 Å². The number of aliphatic carboxylic acids is 1. The van der Waals surface area contributed by atoms with Crippen LogP contribution < -0.4 is 10.6 Å². The van der Waals surface area contributed by atoms with Crippen LogP contribution in [0.5, 0.6) is 0 Å². The number of carboxylic acids is 1. The highest BCUT2D eigenvalue weighted by Gasteiger charge is 2.34. The minimum Gasteiger partial charge on any atom is -0.477 e.